The lowest BCUT2D eigenvalue weighted by Gasteiger charge is -2.35. The van der Waals surface area contributed by atoms with Crippen LogP contribution in [0, 0.1) is 0 Å². The molecule has 19 heavy (non-hydrogen) atoms. The van der Waals surface area contributed by atoms with E-state index >= 15 is 0 Å². The van der Waals surface area contributed by atoms with Crippen LogP contribution in [-0.4, -0.2) is 7.57 Å². The lowest BCUT2D eigenvalue weighted by atomic mass is 10.3. The van der Waals surface area contributed by atoms with Gasteiger partial charge in [-0.1, -0.05) is 30.4 Å². The molecule has 0 unspecified atom stereocenters. The molecule has 0 atom stereocenters. The molecule has 1 nitrogen and oxygen atoms in total. The molecule has 3 rings (SSSR count). The first-order valence-electron chi connectivity index (χ1n) is 6.46. The average molecular weight is 265 g/mol. The van der Waals surface area contributed by atoms with Gasteiger partial charge in [0.15, 0.2) is 5.75 Å². The van der Waals surface area contributed by atoms with Crippen LogP contribution in [0.4, 0.5) is 0 Å². The topological polar surface area (TPSA) is 9.23 Å². The van der Waals surface area contributed by atoms with Crippen LogP contribution in [0.25, 0.3) is 0 Å². The molecule has 1 aromatic rings. The molecule has 0 spiro atoms. The van der Waals surface area contributed by atoms with E-state index in [0.717, 1.165) is 29.2 Å². The van der Waals surface area contributed by atoms with E-state index in [1.54, 1.807) is 0 Å². The van der Waals surface area contributed by atoms with Crippen molar-refractivity contribution in [2.24, 2.45) is 0 Å². The number of allylic oxidation sites excluding steroid dienone is 8. The van der Waals surface area contributed by atoms with Gasteiger partial charge in [0.1, 0.15) is 0 Å². The third-order valence-electron chi connectivity index (χ3n) is 3.26. The standard InChI is InChI=1S/C16H15BOP/c17-19(15-10-4-5-11-15,16-12-6-7-13-16)18-14-8-2-1-3-9-14/h1-4,6,8-13H,5,7H2. The van der Waals surface area contributed by atoms with Gasteiger partial charge in [0, 0.05) is 0 Å². The molecule has 0 amide bonds. The molecular weight excluding hydrogens is 250 g/mol. The Morgan fingerprint density at radius 2 is 1.47 bits per heavy atom. The Morgan fingerprint density at radius 3 is 1.95 bits per heavy atom. The molecule has 3 radical (unpaired) electrons. The van der Waals surface area contributed by atoms with Crippen LogP contribution in [0.15, 0.2) is 77.4 Å². The zero-order chi connectivity index (χ0) is 13.1. The molecule has 0 saturated carbocycles. The minimum Gasteiger partial charge on any atom is -0.396 e. The highest BCUT2D eigenvalue weighted by Crippen LogP contribution is 2.70. The van der Waals surface area contributed by atoms with Gasteiger partial charge in [-0.2, -0.15) is 0 Å². The highest BCUT2D eigenvalue weighted by molar-refractivity contribution is 8.00. The van der Waals surface area contributed by atoms with Crippen LogP contribution >= 0.6 is 7.37 Å². The maximum atomic E-state index is 6.69. The van der Waals surface area contributed by atoms with Gasteiger partial charge in [0.05, 0.1) is 10.6 Å². The number of para-hydroxylation sites is 1. The van der Waals surface area contributed by atoms with E-state index in [2.05, 4.69) is 36.5 Å². The second-order valence-electron chi connectivity index (χ2n) is 4.60. The average Bonchev–Trinajstić information content (AvgIpc) is 3.14. The summed E-state index contributed by atoms with van der Waals surface area (Å²) in [5.41, 5.74) is 0. The summed E-state index contributed by atoms with van der Waals surface area (Å²) in [5, 5.41) is 2.27. The molecule has 93 valence electrons. The number of rotatable bonds is 4. The van der Waals surface area contributed by atoms with Crippen molar-refractivity contribution in [3.05, 3.63) is 77.4 Å². The van der Waals surface area contributed by atoms with Crippen LogP contribution < -0.4 is 4.52 Å². The van der Waals surface area contributed by atoms with Gasteiger partial charge in [0.2, 0.25) is 0 Å². The molecule has 0 aliphatic heterocycles. The van der Waals surface area contributed by atoms with Gasteiger partial charge in [-0.15, -0.1) is 0 Å². The first kappa shape index (κ1) is 12.5. The Hall–Kier alpha value is -1.53. The molecule has 0 bridgehead atoms. The summed E-state index contributed by atoms with van der Waals surface area (Å²) < 4.78 is 6.22. The molecule has 3 heteroatoms. The highest BCUT2D eigenvalue weighted by Gasteiger charge is 2.31. The van der Waals surface area contributed by atoms with Crippen molar-refractivity contribution in [1.29, 1.82) is 0 Å². The number of hydrogen-bond acceptors (Lipinski definition) is 1. The third-order valence-corrected chi connectivity index (χ3v) is 5.96. The van der Waals surface area contributed by atoms with Gasteiger partial charge in [-0.3, -0.25) is 0 Å². The summed E-state index contributed by atoms with van der Waals surface area (Å²) >= 11 is 0. The number of benzene rings is 1. The van der Waals surface area contributed by atoms with E-state index in [9.17, 15) is 0 Å². The van der Waals surface area contributed by atoms with Crippen molar-refractivity contribution in [3.63, 3.8) is 0 Å². The fourth-order valence-electron chi connectivity index (χ4n) is 2.29. The highest BCUT2D eigenvalue weighted by atomic mass is 31.2. The molecule has 0 N–H and O–H groups in total. The summed E-state index contributed by atoms with van der Waals surface area (Å²) in [4.78, 5) is 0. The predicted octanol–water partition coefficient (Wildman–Crippen LogP) is 4.77. The lowest BCUT2D eigenvalue weighted by molar-refractivity contribution is 0.620. The fraction of sp³-hybridized carbons (Fsp3) is 0.125. The Bertz CT molecular complexity index is 554. The molecule has 2 aliphatic carbocycles. The van der Waals surface area contributed by atoms with E-state index < -0.39 is 7.37 Å². The Labute approximate surface area is 116 Å². The van der Waals surface area contributed by atoms with Crippen LogP contribution in [0.5, 0.6) is 5.75 Å². The van der Waals surface area contributed by atoms with Crippen LogP contribution in [0.1, 0.15) is 12.8 Å². The van der Waals surface area contributed by atoms with Crippen molar-refractivity contribution < 1.29 is 4.52 Å². The summed E-state index contributed by atoms with van der Waals surface area (Å²) in [6.45, 7) is 0. The molecule has 0 fully saturated rings. The van der Waals surface area contributed by atoms with Crippen LogP contribution in [-0.2, 0) is 0 Å². The van der Waals surface area contributed by atoms with E-state index in [-0.39, 0.29) is 0 Å². The molecule has 0 aromatic heterocycles. The van der Waals surface area contributed by atoms with Gasteiger partial charge in [0.25, 0.3) is 0 Å². The molecule has 1 aromatic carbocycles. The Morgan fingerprint density at radius 1 is 0.895 bits per heavy atom. The smallest absolute Gasteiger partial charge is 0.167 e. The molecular formula is C16H15BOP. The van der Waals surface area contributed by atoms with E-state index in [1.807, 2.05) is 30.3 Å². The van der Waals surface area contributed by atoms with Crippen molar-refractivity contribution in [2.45, 2.75) is 12.8 Å². The summed E-state index contributed by atoms with van der Waals surface area (Å²) in [6.07, 6.45) is 14.7. The van der Waals surface area contributed by atoms with E-state index in [0.29, 0.717) is 0 Å². The molecule has 0 saturated heterocycles. The second kappa shape index (κ2) is 5.23. The zero-order valence-electron chi connectivity index (χ0n) is 10.7. The second-order valence-corrected chi connectivity index (χ2v) is 7.13. The Balaban J connectivity index is 1.97. The van der Waals surface area contributed by atoms with Crippen molar-refractivity contribution in [2.75, 3.05) is 0 Å². The van der Waals surface area contributed by atoms with Gasteiger partial charge >= 0.3 is 0 Å². The lowest BCUT2D eigenvalue weighted by Crippen LogP contribution is -2.04. The third kappa shape index (κ3) is 2.46. The monoisotopic (exact) mass is 265 g/mol. The first-order valence-corrected chi connectivity index (χ1v) is 8.23. The SMILES string of the molecule is [B-][P+](Oc1ccccc1)(C1=CCC=C1)C1=CCC=C1. The normalized spacial score (nSPS) is 17.5. The predicted molar refractivity (Wildman–Crippen MR) is 83.4 cm³/mol. The van der Waals surface area contributed by atoms with E-state index in [1.165, 1.54) is 0 Å². The van der Waals surface area contributed by atoms with Crippen molar-refractivity contribution in [1.82, 2.24) is 0 Å². The first-order chi connectivity index (χ1) is 9.29. The van der Waals surface area contributed by atoms with E-state index in [4.69, 9.17) is 12.1 Å². The van der Waals surface area contributed by atoms with Gasteiger partial charge in [-0.05, 0) is 56.6 Å². The van der Waals surface area contributed by atoms with Crippen LogP contribution in [0.2, 0.25) is 0 Å². The summed E-state index contributed by atoms with van der Waals surface area (Å²) in [6, 6.07) is 9.84. The minimum atomic E-state index is -2.24. The molecule has 0 heterocycles. The quantitative estimate of drug-likeness (QED) is 0.562. The van der Waals surface area contributed by atoms with Crippen molar-refractivity contribution >= 4 is 14.9 Å². The van der Waals surface area contributed by atoms with Gasteiger partial charge in [-0.25, -0.2) is 7.57 Å². The summed E-state index contributed by atoms with van der Waals surface area (Å²) in [7, 11) is 4.45. The number of hydrogen-bond donors (Lipinski definition) is 0. The fourth-order valence-corrected chi connectivity index (χ4v) is 4.66. The largest absolute Gasteiger partial charge is 0.396 e. The van der Waals surface area contributed by atoms with Gasteiger partial charge < -0.3 is 4.52 Å². The maximum absolute atomic E-state index is 6.69. The Kier molecular flexibility index (Phi) is 3.44. The zero-order valence-corrected chi connectivity index (χ0v) is 11.6. The van der Waals surface area contributed by atoms with Crippen LogP contribution in [0.3, 0.4) is 0 Å². The summed E-state index contributed by atoms with van der Waals surface area (Å²) in [5.74, 6) is 0.834. The minimum absolute atomic E-state index is 0.834. The van der Waals surface area contributed by atoms with Crippen molar-refractivity contribution in [3.8, 4) is 5.75 Å². The maximum Gasteiger partial charge on any atom is 0.167 e. The molecule has 2 aliphatic rings.